The molecule has 5 rings (SSSR count). The molecule has 2 aliphatic rings. The first-order chi connectivity index (χ1) is 15.8. The number of sulfonamides is 1. The first-order valence-corrected chi connectivity index (χ1v) is 12.6. The van der Waals surface area contributed by atoms with Gasteiger partial charge in [-0.15, -0.1) is 0 Å². The molecule has 1 aromatic carbocycles. The Morgan fingerprint density at radius 1 is 1.15 bits per heavy atom. The molecule has 1 aliphatic heterocycles. The van der Waals surface area contributed by atoms with Crippen LogP contribution >= 0.6 is 0 Å². The molecule has 33 heavy (non-hydrogen) atoms. The minimum absolute atomic E-state index is 0.0849. The topological polar surface area (TPSA) is 106 Å². The van der Waals surface area contributed by atoms with Crippen LogP contribution in [0.5, 0.6) is 5.75 Å². The maximum absolute atomic E-state index is 13.4. The van der Waals surface area contributed by atoms with E-state index < -0.39 is 10.0 Å². The maximum atomic E-state index is 13.4. The number of methoxy groups -OCH3 is 1. The van der Waals surface area contributed by atoms with Gasteiger partial charge in [-0.25, -0.2) is 17.9 Å². The number of hydrogen-bond donors (Lipinski definition) is 1. The number of hydrogen-bond acceptors (Lipinski definition) is 6. The van der Waals surface area contributed by atoms with Crippen molar-refractivity contribution in [3.05, 3.63) is 41.3 Å². The van der Waals surface area contributed by atoms with Crippen molar-refractivity contribution in [3.63, 3.8) is 0 Å². The van der Waals surface area contributed by atoms with Crippen LogP contribution in [0.2, 0.25) is 0 Å². The number of nitrogens with one attached hydrogen (secondary N) is 1. The third kappa shape index (κ3) is 3.87. The molecule has 2 aromatic heterocycles. The molecule has 3 aromatic rings. The van der Waals surface area contributed by atoms with E-state index in [1.54, 1.807) is 22.7 Å². The summed E-state index contributed by atoms with van der Waals surface area (Å²) in [7, 11) is -2.29. The quantitative estimate of drug-likeness (QED) is 0.595. The molecule has 9 nitrogen and oxygen atoms in total. The Hall–Kier alpha value is -2.98. The molecule has 10 heteroatoms. The molecule has 1 aliphatic carbocycles. The van der Waals surface area contributed by atoms with Crippen LogP contribution in [0.4, 0.5) is 0 Å². The number of fused-ring (bicyclic) bond motifs is 1. The average Bonchev–Trinajstić information content (AvgIpc) is 3.26. The summed E-state index contributed by atoms with van der Waals surface area (Å²) in [5.74, 6) is -0.0127. The molecule has 1 amide bonds. The largest absolute Gasteiger partial charge is 0.495 e. The van der Waals surface area contributed by atoms with Gasteiger partial charge in [0.25, 0.3) is 5.91 Å². The number of amides is 1. The Morgan fingerprint density at radius 2 is 1.88 bits per heavy atom. The fraction of sp³-hybridized carbons (Fsp3) is 0.435. The summed E-state index contributed by atoms with van der Waals surface area (Å²) in [5.41, 5.74) is 3.44. The molecular weight excluding hydrogens is 442 g/mol. The van der Waals surface area contributed by atoms with Crippen molar-refractivity contribution in [2.24, 2.45) is 0 Å². The van der Waals surface area contributed by atoms with Crippen molar-refractivity contribution >= 4 is 21.6 Å². The second-order valence-corrected chi connectivity index (χ2v) is 10.6. The van der Waals surface area contributed by atoms with Gasteiger partial charge in [0.15, 0.2) is 11.3 Å². The van der Waals surface area contributed by atoms with Gasteiger partial charge in [-0.1, -0.05) is 6.07 Å². The van der Waals surface area contributed by atoms with E-state index in [1.807, 2.05) is 19.9 Å². The monoisotopic (exact) mass is 469 g/mol. The lowest BCUT2D eigenvalue weighted by Gasteiger charge is -2.18. The normalized spacial score (nSPS) is 16.9. The second kappa shape index (κ2) is 8.11. The van der Waals surface area contributed by atoms with Gasteiger partial charge in [0.05, 0.1) is 12.7 Å². The molecule has 0 atom stereocenters. The van der Waals surface area contributed by atoms with Crippen LogP contribution < -0.4 is 10.1 Å². The van der Waals surface area contributed by atoms with Crippen molar-refractivity contribution in [1.29, 1.82) is 0 Å². The first kappa shape index (κ1) is 21.8. The number of nitrogens with zero attached hydrogens (tertiary/aromatic N) is 4. The Morgan fingerprint density at radius 3 is 2.55 bits per heavy atom. The van der Waals surface area contributed by atoms with E-state index in [2.05, 4.69) is 15.4 Å². The van der Waals surface area contributed by atoms with Crippen molar-refractivity contribution in [2.45, 2.75) is 50.5 Å². The van der Waals surface area contributed by atoms with Crippen LogP contribution in [0.3, 0.4) is 0 Å². The highest BCUT2D eigenvalue weighted by atomic mass is 32.2. The molecule has 1 N–H and O–H groups in total. The Kier molecular flexibility index (Phi) is 5.37. The van der Waals surface area contributed by atoms with Gasteiger partial charge in [0.2, 0.25) is 10.0 Å². The van der Waals surface area contributed by atoms with E-state index in [9.17, 15) is 13.2 Å². The summed E-state index contributed by atoms with van der Waals surface area (Å²) in [6.07, 6.45) is 3.57. The first-order valence-electron chi connectivity index (χ1n) is 11.2. The van der Waals surface area contributed by atoms with Crippen LogP contribution in [-0.2, 0) is 10.0 Å². The molecule has 0 spiro atoms. The number of benzene rings is 1. The summed E-state index contributed by atoms with van der Waals surface area (Å²) in [5, 5.41) is 7.57. The number of aryl methyl sites for hydroxylation is 2. The fourth-order valence-electron chi connectivity index (χ4n) is 4.33. The van der Waals surface area contributed by atoms with E-state index in [4.69, 9.17) is 4.74 Å². The summed E-state index contributed by atoms with van der Waals surface area (Å²) in [4.78, 5) is 17.8. The van der Waals surface area contributed by atoms with E-state index in [-0.39, 0.29) is 28.3 Å². The lowest BCUT2D eigenvalue weighted by molar-refractivity contribution is 0.0946. The lowest BCUT2D eigenvalue weighted by Crippen LogP contribution is -2.28. The summed E-state index contributed by atoms with van der Waals surface area (Å²) in [6.45, 7) is 4.76. The fourth-order valence-corrected chi connectivity index (χ4v) is 6.03. The van der Waals surface area contributed by atoms with E-state index in [0.29, 0.717) is 29.9 Å². The SMILES string of the molecule is COc1ccc(-c2c(C(=O)NC3CC3)nn3c(C)cc(C)nc23)cc1S(=O)(=O)N1CCCC1. The highest BCUT2D eigenvalue weighted by Gasteiger charge is 2.32. The number of rotatable bonds is 6. The zero-order chi connectivity index (χ0) is 23.3. The molecule has 0 radical (unpaired) electrons. The van der Waals surface area contributed by atoms with Crippen molar-refractivity contribution in [2.75, 3.05) is 20.2 Å². The van der Waals surface area contributed by atoms with Gasteiger partial charge >= 0.3 is 0 Å². The van der Waals surface area contributed by atoms with Crippen LogP contribution in [-0.4, -0.2) is 59.5 Å². The number of ether oxygens (including phenoxy) is 1. The van der Waals surface area contributed by atoms with E-state index in [0.717, 1.165) is 37.1 Å². The standard InChI is InChI=1S/C23H27N5O4S/c1-14-12-15(2)28-22(24-14)20(21(26-28)23(29)25-17-7-8-17)16-6-9-18(32-3)19(13-16)33(30,31)27-10-4-5-11-27/h6,9,12-13,17H,4-5,7-8,10-11H2,1-3H3,(H,25,29). The van der Waals surface area contributed by atoms with E-state index >= 15 is 0 Å². The molecular formula is C23H27N5O4S. The van der Waals surface area contributed by atoms with Gasteiger partial charge in [-0.3, -0.25) is 4.79 Å². The molecule has 3 heterocycles. The van der Waals surface area contributed by atoms with Crippen LogP contribution in [0, 0.1) is 13.8 Å². The smallest absolute Gasteiger partial charge is 0.272 e. The molecule has 2 fully saturated rings. The average molecular weight is 470 g/mol. The highest BCUT2D eigenvalue weighted by Crippen LogP contribution is 2.36. The van der Waals surface area contributed by atoms with Gasteiger partial charge in [-0.2, -0.15) is 9.40 Å². The summed E-state index contributed by atoms with van der Waals surface area (Å²) >= 11 is 0. The Bertz CT molecular complexity index is 1350. The summed E-state index contributed by atoms with van der Waals surface area (Å²) in [6, 6.07) is 7.02. The van der Waals surface area contributed by atoms with Crippen LogP contribution in [0.25, 0.3) is 16.8 Å². The molecule has 174 valence electrons. The highest BCUT2D eigenvalue weighted by molar-refractivity contribution is 7.89. The Labute approximate surface area is 192 Å². The maximum Gasteiger partial charge on any atom is 0.272 e. The molecule has 0 bridgehead atoms. The van der Waals surface area contributed by atoms with Crippen molar-refractivity contribution in [1.82, 2.24) is 24.2 Å². The molecule has 1 saturated carbocycles. The Balaban J connectivity index is 1.72. The predicted octanol–water partition coefficient (Wildman–Crippen LogP) is 2.70. The minimum Gasteiger partial charge on any atom is -0.495 e. The van der Waals surface area contributed by atoms with Crippen LogP contribution in [0.15, 0.2) is 29.2 Å². The second-order valence-electron chi connectivity index (χ2n) is 8.72. The molecule has 0 unspecified atom stereocenters. The third-order valence-electron chi connectivity index (χ3n) is 6.16. The number of carbonyl (C=O) groups excluding carboxylic acids is 1. The van der Waals surface area contributed by atoms with Crippen molar-refractivity contribution < 1.29 is 17.9 Å². The minimum atomic E-state index is -3.75. The predicted molar refractivity (Wildman–Crippen MR) is 123 cm³/mol. The summed E-state index contributed by atoms with van der Waals surface area (Å²) < 4.78 is 35.4. The van der Waals surface area contributed by atoms with Gasteiger partial charge in [0.1, 0.15) is 10.6 Å². The zero-order valence-electron chi connectivity index (χ0n) is 19.0. The van der Waals surface area contributed by atoms with Gasteiger partial charge in [0, 0.05) is 30.5 Å². The van der Waals surface area contributed by atoms with Crippen molar-refractivity contribution in [3.8, 4) is 16.9 Å². The van der Waals surface area contributed by atoms with Crippen LogP contribution in [0.1, 0.15) is 47.6 Å². The zero-order valence-corrected chi connectivity index (χ0v) is 19.8. The van der Waals surface area contributed by atoms with Gasteiger partial charge < -0.3 is 10.1 Å². The lowest BCUT2D eigenvalue weighted by atomic mass is 10.0. The van der Waals surface area contributed by atoms with Gasteiger partial charge in [-0.05, 0) is 63.3 Å². The number of carbonyl (C=O) groups is 1. The molecule has 1 saturated heterocycles. The third-order valence-corrected chi connectivity index (χ3v) is 8.08. The number of aromatic nitrogens is 3. The van der Waals surface area contributed by atoms with E-state index in [1.165, 1.54) is 11.4 Å².